The Hall–Kier alpha value is -3.31. The van der Waals surface area contributed by atoms with Crippen LogP contribution in [0.5, 0.6) is 11.5 Å². The number of nitrogens with one attached hydrogen (secondary N) is 2. The lowest BCUT2D eigenvalue weighted by molar-refractivity contribution is -0.113. The van der Waals surface area contributed by atoms with Crippen LogP contribution in [0.25, 0.3) is 0 Å². The van der Waals surface area contributed by atoms with Gasteiger partial charge in [0, 0.05) is 18.3 Å². The summed E-state index contributed by atoms with van der Waals surface area (Å²) in [7, 11) is 4.74. The van der Waals surface area contributed by atoms with E-state index in [0.29, 0.717) is 33.7 Å². The number of aromatic nitrogens is 3. The maximum Gasteiger partial charge on any atom is 0.251 e. The maximum atomic E-state index is 13.2. The lowest BCUT2D eigenvalue weighted by atomic mass is 10.2. The monoisotopic (exact) mass is 493 g/mol. The summed E-state index contributed by atoms with van der Waals surface area (Å²) in [4.78, 5) is 24.6. The van der Waals surface area contributed by atoms with Crippen LogP contribution in [-0.2, 0) is 18.4 Å². The van der Waals surface area contributed by atoms with Gasteiger partial charge >= 0.3 is 0 Å². The van der Waals surface area contributed by atoms with Crippen LogP contribution in [0, 0.1) is 5.82 Å². The Labute approximate surface area is 198 Å². The molecule has 2 aromatic carbocycles. The quantitative estimate of drug-likeness (QED) is 0.440. The van der Waals surface area contributed by atoms with Gasteiger partial charge in [-0.05, 0) is 36.4 Å². The topological polar surface area (TPSA) is 107 Å². The molecule has 9 nitrogen and oxygen atoms in total. The first kappa shape index (κ1) is 24.3. The SMILES string of the molecule is COc1ccc(C(=O)NCc2nnc(SCC(=O)Nc3ccc(F)c(Cl)c3)n2C)cc1OC. The predicted molar refractivity (Wildman–Crippen MR) is 122 cm³/mol. The molecule has 3 rings (SSSR count). The lowest BCUT2D eigenvalue weighted by Gasteiger charge is -2.10. The molecule has 1 aromatic heterocycles. The highest BCUT2D eigenvalue weighted by Gasteiger charge is 2.15. The van der Waals surface area contributed by atoms with E-state index in [1.807, 2.05) is 0 Å². The van der Waals surface area contributed by atoms with Gasteiger partial charge in [-0.2, -0.15) is 0 Å². The number of carbonyl (C=O) groups excluding carboxylic acids is 2. The summed E-state index contributed by atoms with van der Waals surface area (Å²) in [5.74, 6) is 0.351. The Morgan fingerprint density at radius 2 is 1.88 bits per heavy atom. The summed E-state index contributed by atoms with van der Waals surface area (Å²) in [6.07, 6.45) is 0. The molecule has 0 unspecified atom stereocenters. The van der Waals surface area contributed by atoms with E-state index in [-0.39, 0.29) is 29.1 Å². The van der Waals surface area contributed by atoms with E-state index < -0.39 is 5.82 Å². The molecule has 0 aliphatic carbocycles. The molecule has 0 aliphatic heterocycles. The van der Waals surface area contributed by atoms with Crippen molar-refractivity contribution in [2.75, 3.05) is 25.3 Å². The molecule has 0 saturated carbocycles. The average Bonchev–Trinajstić information content (AvgIpc) is 3.17. The van der Waals surface area contributed by atoms with Crippen molar-refractivity contribution in [2.24, 2.45) is 7.05 Å². The second kappa shape index (κ2) is 11.0. The predicted octanol–water partition coefficient (Wildman–Crippen LogP) is 3.29. The number of benzene rings is 2. The first-order valence-electron chi connectivity index (χ1n) is 9.58. The zero-order chi connectivity index (χ0) is 24.0. The zero-order valence-corrected chi connectivity index (χ0v) is 19.6. The number of nitrogens with zero attached hydrogens (tertiary/aromatic N) is 3. The van der Waals surface area contributed by atoms with Gasteiger partial charge in [0.1, 0.15) is 5.82 Å². The molecule has 0 radical (unpaired) electrons. The van der Waals surface area contributed by atoms with Crippen molar-refractivity contribution < 1.29 is 23.5 Å². The largest absolute Gasteiger partial charge is 0.493 e. The number of amides is 2. The number of carbonyl (C=O) groups is 2. The minimum absolute atomic E-state index is 0.0545. The average molecular weight is 494 g/mol. The smallest absolute Gasteiger partial charge is 0.251 e. The number of ether oxygens (including phenoxy) is 2. The number of hydrogen-bond donors (Lipinski definition) is 2. The van der Waals surface area contributed by atoms with Crippen LogP contribution in [0.4, 0.5) is 10.1 Å². The molecule has 0 spiro atoms. The maximum absolute atomic E-state index is 13.2. The molecule has 1 heterocycles. The normalized spacial score (nSPS) is 10.6. The van der Waals surface area contributed by atoms with Gasteiger partial charge in [0.05, 0.1) is 31.5 Å². The van der Waals surface area contributed by atoms with E-state index in [1.165, 1.54) is 44.2 Å². The van der Waals surface area contributed by atoms with Crippen molar-refractivity contribution in [3.05, 3.63) is 58.6 Å². The fourth-order valence-corrected chi connectivity index (χ4v) is 3.68. The second-order valence-electron chi connectivity index (χ2n) is 6.68. The fourth-order valence-electron chi connectivity index (χ4n) is 2.76. The van der Waals surface area contributed by atoms with Gasteiger partial charge in [-0.3, -0.25) is 9.59 Å². The van der Waals surface area contributed by atoms with Crippen LogP contribution < -0.4 is 20.1 Å². The van der Waals surface area contributed by atoms with Crippen molar-refractivity contribution in [1.82, 2.24) is 20.1 Å². The third-order valence-electron chi connectivity index (χ3n) is 4.51. The fraction of sp³-hybridized carbons (Fsp3) is 0.238. The molecule has 33 heavy (non-hydrogen) atoms. The summed E-state index contributed by atoms with van der Waals surface area (Å²) in [5, 5.41) is 14.0. The van der Waals surface area contributed by atoms with Crippen molar-refractivity contribution in [3.8, 4) is 11.5 Å². The molecule has 2 N–H and O–H groups in total. The molecular weight excluding hydrogens is 473 g/mol. The molecule has 12 heteroatoms. The van der Waals surface area contributed by atoms with Gasteiger partial charge in [-0.1, -0.05) is 23.4 Å². The number of thioether (sulfide) groups is 1. The van der Waals surface area contributed by atoms with E-state index >= 15 is 0 Å². The number of halogens is 2. The van der Waals surface area contributed by atoms with Gasteiger partial charge < -0.3 is 24.7 Å². The molecule has 3 aromatic rings. The summed E-state index contributed by atoms with van der Waals surface area (Å²) >= 11 is 6.89. The van der Waals surface area contributed by atoms with Crippen LogP contribution in [0.15, 0.2) is 41.6 Å². The van der Waals surface area contributed by atoms with E-state index in [4.69, 9.17) is 21.1 Å². The van der Waals surface area contributed by atoms with Crippen LogP contribution >= 0.6 is 23.4 Å². The van der Waals surface area contributed by atoms with Gasteiger partial charge in [0.25, 0.3) is 5.91 Å². The lowest BCUT2D eigenvalue weighted by Crippen LogP contribution is -2.24. The van der Waals surface area contributed by atoms with Crippen LogP contribution in [0.3, 0.4) is 0 Å². The highest BCUT2D eigenvalue weighted by molar-refractivity contribution is 7.99. The first-order chi connectivity index (χ1) is 15.8. The van der Waals surface area contributed by atoms with Crippen LogP contribution in [0.1, 0.15) is 16.2 Å². The van der Waals surface area contributed by atoms with Crippen LogP contribution in [-0.4, -0.2) is 46.6 Å². The third kappa shape index (κ3) is 6.14. The summed E-state index contributed by atoms with van der Waals surface area (Å²) in [6, 6.07) is 8.79. The Morgan fingerprint density at radius 1 is 1.12 bits per heavy atom. The van der Waals surface area contributed by atoms with E-state index in [2.05, 4.69) is 20.8 Å². The second-order valence-corrected chi connectivity index (χ2v) is 8.03. The van der Waals surface area contributed by atoms with Crippen molar-refractivity contribution >= 4 is 40.9 Å². The number of methoxy groups -OCH3 is 2. The number of rotatable bonds is 9. The van der Waals surface area contributed by atoms with Crippen molar-refractivity contribution in [2.45, 2.75) is 11.7 Å². The van der Waals surface area contributed by atoms with Gasteiger partial charge in [0.15, 0.2) is 22.5 Å². The zero-order valence-electron chi connectivity index (χ0n) is 18.0. The molecule has 0 saturated heterocycles. The summed E-state index contributed by atoms with van der Waals surface area (Å²) in [6.45, 7) is 0.136. The van der Waals surface area contributed by atoms with E-state index in [0.717, 1.165) is 0 Å². The first-order valence-corrected chi connectivity index (χ1v) is 10.9. The number of hydrogen-bond acceptors (Lipinski definition) is 7. The van der Waals surface area contributed by atoms with Gasteiger partial charge in [-0.25, -0.2) is 4.39 Å². The molecule has 0 aliphatic rings. The molecule has 0 fully saturated rings. The molecule has 0 bridgehead atoms. The van der Waals surface area contributed by atoms with Crippen molar-refractivity contribution in [1.29, 1.82) is 0 Å². The van der Waals surface area contributed by atoms with Crippen LogP contribution in [0.2, 0.25) is 5.02 Å². The Balaban J connectivity index is 1.54. The summed E-state index contributed by atoms with van der Waals surface area (Å²) in [5.41, 5.74) is 0.797. The number of anilines is 1. The van der Waals surface area contributed by atoms with Gasteiger partial charge in [-0.15, -0.1) is 10.2 Å². The standard InChI is InChI=1S/C21H21ClFN5O4S/c1-28-18(10-24-20(30)12-4-7-16(31-2)17(8-12)32-3)26-27-21(28)33-11-19(29)25-13-5-6-15(23)14(22)9-13/h4-9H,10-11H2,1-3H3,(H,24,30)(H,25,29). The Morgan fingerprint density at radius 3 is 2.58 bits per heavy atom. The van der Waals surface area contributed by atoms with E-state index in [9.17, 15) is 14.0 Å². The molecule has 0 atom stereocenters. The molecule has 174 valence electrons. The minimum atomic E-state index is -0.561. The highest BCUT2D eigenvalue weighted by Crippen LogP contribution is 2.27. The van der Waals surface area contributed by atoms with E-state index in [1.54, 1.807) is 29.8 Å². The summed E-state index contributed by atoms with van der Waals surface area (Å²) < 4.78 is 25.3. The Bertz CT molecular complexity index is 1170. The third-order valence-corrected chi connectivity index (χ3v) is 5.82. The Kier molecular flexibility index (Phi) is 8.12. The van der Waals surface area contributed by atoms with Gasteiger partial charge in [0.2, 0.25) is 5.91 Å². The van der Waals surface area contributed by atoms with Crippen molar-refractivity contribution in [3.63, 3.8) is 0 Å². The minimum Gasteiger partial charge on any atom is -0.493 e. The highest BCUT2D eigenvalue weighted by atomic mass is 35.5. The molecular formula is C21H21ClFN5O4S. The molecule has 2 amide bonds.